The van der Waals surface area contributed by atoms with Crippen LogP contribution in [-0.4, -0.2) is 36.0 Å². The molecule has 0 aliphatic carbocycles. The van der Waals surface area contributed by atoms with Gasteiger partial charge >= 0.3 is 0 Å². The SMILES string of the molecule is O=[N+]([O-])c1ccc(N2CCN(Cc3ccccc3)CC2)cc1Cc1ccccc1. The van der Waals surface area contributed by atoms with Gasteiger partial charge in [-0.15, -0.1) is 0 Å². The molecule has 29 heavy (non-hydrogen) atoms. The van der Waals surface area contributed by atoms with Gasteiger partial charge in [-0.25, -0.2) is 0 Å². The van der Waals surface area contributed by atoms with Crippen molar-refractivity contribution < 1.29 is 4.92 Å². The Kier molecular flexibility index (Phi) is 5.86. The summed E-state index contributed by atoms with van der Waals surface area (Å²) < 4.78 is 0. The first kappa shape index (κ1) is 19.2. The van der Waals surface area contributed by atoms with Crippen LogP contribution in [0.15, 0.2) is 78.9 Å². The van der Waals surface area contributed by atoms with Crippen LogP contribution in [-0.2, 0) is 13.0 Å². The summed E-state index contributed by atoms with van der Waals surface area (Å²) in [6, 6.07) is 26.0. The molecule has 1 fully saturated rings. The Morgan fingerprint density at radius 2 is 1.41 bits per heavy atom. The number of hydrogen-bond acceptors (Lipinski definition) is 4. The van der Waals surface area contributed by atoms with Crippen molar-refractivity contribution in [2.24, 2.45) is 0 Å². The summed E-state index contributed by atoms with van der Waals surface area (Å²) in [7, 11) is 0. The zero-order valence-corrected chi connectivity index (χ0v) is 16.4. The second-order valence-corrected chi connectivity index (χ2v) is 7.48. The molecule has 0 N–H and O–H groups in total. The molecule has 0 radical (unpaired) electrons. The molecule has 0 unspecified atom stereocenters. The molecule has 5 heteroatoms. The molecule has 0 aromatic heterocycles. The molecule has 1 saturated heterocycles. The van der Waals surface area contributed by atoms with Crippen molar-refractivity contribution in [2.75, 3.05) is 31.1 Å². The van der Waals surface area contributed by atoms with E-state index in [1.165, 1.54) is 5.56 Å². The minimum absolute atomic E-state index is 0.195. The van der Waals surface area contributed by atoms with E-state index in [4.69, 9.17) is 0 Å². The Morgan fingerprint density at radius 3 is 2.03 bits per heavy atom. The third-order valence-electron chi connectivity index (χ3n) is 5.48. The maximum Gasteiger partial charge on any atom is 0.273 e. The Bertz CT molecular complexity index is 952. The third kappa shape index (κ3) is 4.81. The van der Waals surface area contributed by atoms with Gasteiger partial charge in [0.05, 0.1) is 4.92 Å². The number of nitro benzene ring substituents is 1. The van der Waals surface area contributed by atoms with Gasteiger partial charge in [0, 0.05) is 56.5 Å². The monoisotopic (exact) mass is 387 g/mol. The molecule has 1 aliphatic heterocycles. The minimum Gasteiger partial charge on any atom is -0.369 e. The van der Waals surface area contributed by atoms with Crippen LogP contribution in [0.1, 0.15) is 16.7 Å². The van der Waals surface area contributed by atoms with E-state index in [0.717, 1.165) is 49.5 Å². The van der Waals surface area contributed by atoms with Gasteiger partial charge < -0.3 is 4.90 Å². The van der Waals surface area contributed by atoms with Crippen molar-refractivity contribution in [3.63, 3.8) is 0 Å². The van der Waals surface area contributed by atoms with Crippen molar-refractivity contribution in [1.82, 2.24) is 4.90 Å². The Hall–Kier alpha value is -3.18. The predicted molar refractivity (Wildman–Crippen MR) is 116 cm³/mol. The standard InChI is InChI=1S/C24H25N3O2/c28-27(29)24-12-11-23(18-22(24)17-20-7-3-1-4-8-20)26-15-13-25(14-16-26)19-21-9-5-2-6-10-21/h1-12,18H,13-17,19H2. The van der Waals surface area contributed by atoms with Crippen molar-refractivity contribution >= 4 is 11.4 Å². The molecule has 3 aromatic rings. The fourth-order valence-electron chi connectivity index (χ4n) is 3.91. The van der Waals surface area contributed by atoms with Gasteiger partial charge in [-0.3, -0.25) is 15.0 Å². The molecule has 0 bridgehead atoms. The van der Waals surface area contributed by atoms with Crippen molar-refractivity contribution in [1.29, 1.82) is 0 Å². The number of hydrogen-bond donors (Lipinski definition) is 0. The van der Waals surface area contributed by atoms with Crippen LogP contribution in [0.2, 0.25) is 0 Å². The molecule has 148 valence electrons. The molecular formula is C24H25N3O2. The highest BCUT2D eigenvalue weighted by atomic mass is 16.6. The molecule has 1 aliphatic rings. The Labute approximate surface area is 171 Å². The molecule has 0 saturated carbocycles. The summed E-state index contributed by atoms with van der Waals surface area (Å²) in [6.07, 6.45) is 0.568. The highest BCUT2D eigenvalue weighted by Gasteiger charge is 2.20. The van der Waals surface area contributed by atoms with E-state index in [1.54, 1.807) is 6.07 Å². The number of nitrogens with zero attached hydrogens (tertiary/aromatic N) is 3. The van der Waals surface area contributed by atoms with Crippen LogP contribution in [0.4, 0.5) is 11.4 Å². The molecular weight excluding hydrogens is 362 g/mol. The third-order valence-corrected chi connectivity index (χ3v) is 5.48. The summed E-state index contributed by atoms with van der Waals surface area (Å²) in [4.78, 5) is 16.0. The van der Waals surface area contributed by atoms with Gasteiger partial charge in [0.2, 0.25) is 0 Å². The van der Waals surface area contributed by atoms with E-state index in [9.17, 15) is 10.1 Å². The topological polar surface area (TPSA) is 49.6 Å². The number of anilines is 1. The summed E-state index contributed by atoms with van der Waals surface area (Å²) >= 11 is 0. The first-order chi connectivity index (χ1) is 14.2. The minimum atomic E-state index is -0.278. The molecule has 0 spiro atoms. The summed E-state index contributed by atoms with van der Waals surface area (Å²) in [5.74, 6) is 0. The molecule has 3 aromatic carbocycles. The highest BCUT2D eigenvalue weighted by Crippen LogP contribution is 2.28. The average Bonchev–Trinajstić information content (AvgIpc) is 2.75. The first-order valence-electron chi connectivity index (χ1n) is 10.0. The van der Waals surface area contributed by atoms with Gasteiger partial charge in [0.1, 0.15) is 0 Å². The molecule has 1 heterocycles. The van der Waals surface area contributed by atoms with E-state index in [0.29, 0.717) is 6.42 Å². The number of nitro groups is 1. The first-order valence-corrected chi connectivity index (χ1v) is 10.0. The predicted octanol–water partition coefficient (Wildman–Crippen LogP) is 4.51. The quantitative estimate of drug-likeness (QED) is 0.461. The van der Waals surface area contributed by atoms with Crippen LogP contribution in [0.3, 0.4) is 0 Å². The van der Waals surface area contributed by atoms with Crippen LogP contribution in [0.25, 0.3) is 0 Å². The van der Waals surface area contributed by atoms with Crippen LogP contribution in [0, 0.1) is 10.1 Å². The lowest BCUT2D eigenvalue weighted by Crippen LogP contribution is -2.46. The zero-order valence-electron chi connectivity index (χ0n) is 16.4. The Morgan fingerprint density at radius 1 is 0.793 bits per heavy atom. The van der Waals surface area contributed by atoms with Crippen molar-refractivity contribution in [2.45, 2.75) is 13.0 Å². The second-order valence-electron chi connectivity index (χ2n) is 7.48. The molecule has 5 nitrogen and oxygen atoms in total. The van der Waals surface area contributed by atoms with E-state index < -0.39 is 0 Å². The van der Waals surface area contributed by atoms with Gasteiger partial charge in [-0.05, 0) is 23.3 Å². The fraction of sp³-hybridized carbons (Fsp3) is 0.250. The van der Waals surface area contributed by atoms with Crippen LogP contribution in [0.5, 0.6) is 0 Å². The maximum atomic E-state index is 11.5. The summed E-state index contributed by atoms with van der Waals surface area (Å²) in [6.45, 7) is 4.79. The van der Waals surface area contributed by atoms with Gasteiger partial charge in [0.25, 0.3) is 5.69 Å². The number of benzene rings is 3. The van der Waals surface area contributed by atoms with Crippen LogP contribution < -0.4 is 4.90 Å². The molecule has 4 rings (SSSR count). The van der Waals surface area contributed by atoms with E-state index >= 15 is 0 Å². The summed E-state index contributed by atoms with van der Waals surface area (Å²) in [5, 5.41) is 11.5. The molecule has 0 amide bonds. The second kappa shape index (κ2) is 8.88. The van der Waals surface area contributed by atoms with Gasteiger partial charge in [-0.2, -0.15) is 0 Å². The Balaban J connectivity index is 1.46. The van der Waals surface area contributed by atoms with Crippen LogP contribution >= 0.6 is 0 Å². The van der Waals surface area contributed by atoms with Crippen molar-refractivity contribution in [3.05, 3.63) is 106 Å². The lowest BCUT2D eigenvalue weighted by molar-refractivity contribution is -0.385. The van der Waals surface area contributed by atoms with Crippen molar-refractivity contribution in [3.8, 4) is 0 Å². The molecule has 0 atom stereocenters. The summed E-state index contributed by atoms with van der Waals surface area (Å²) in [5.41, 5.74) is 4.45. The normalized spacial score (nSPS) is 14.7. The average molecular weight is 387 g/mol. The largest absolute Gasteiger partial charge is 0.369 e. The smallest absolute Gasteiger partial charge is 0.273 e. The number of rotatable bonds is 6. The van der Waals surface area contributed by atoms with Gasteiger partial charge in [0.15, 0.2) is 0 Å². The lowest BCUT2D eigenvalue weighted by atomic mass is 10.0. The van der Waals surface area contributed by atoms with E-state index in [2.05, 4.69) is 34.1 Å². The fourth-order valence-corrected chi connectivity index (χ4v) is 3.91. The zero-order chi connectivity index (χ0) is 20.1. The van der Waals surface area contributed by atoms with Gasteiger partial charge in [-0.1, -0.05) is 60.7 Å². The maximum absolute atomic E-state index is 11.5. The number of piperazine rings is 1. The lowest BCUT2D eigenvalue weighted by Gasteiger charge is -2.36. The van der Waals surface area contributed by atoms with E-state index in [1.807, 2.05) is 48.5 Å². The van der Waals surface area contributed by atoms with E-state index in [-0.39, 0.29) is 10.6 Å². The highest BCUT2D eigenvalue weighted by molar-refractivity contribution is 5.57.